The highest BCUT2D eigenvalue weighted by Crippen LogP contribution is 2.30. The fourth-order valence-corrected chi connectivity index (χ4v) is 4.90. The van der Waals surface area contributed by atoms with Crippen LogP contribution in [0.3, 0.4) is 0 Å². The molecule has 0 aliphatic rings. The predicted molar refractivity (Wildman–Crippen MR) is 145 cm³/mol. The number of hydrogen-bond acceptors (Lipinski definition) is 7. The molecule has 0 aliphatic carbocycles. The number of carboxylic acid groups (broad SMARTS) is 2. The molecule has 15 heteroatoms. The van der Waals surface area contributed by atoms with Crippen LogP contribution in [0.4, 0.5) is 24.5 Å². The molecule has 0 aliphatic heterocycles. The monoisotopic (exact) mass is 600 g/mol. The van der Waals surface area contributed by atoms with Gasteiger partial charge in [0.25, 0.3) is 10.0 Å². The number of rotatable bonds is 10. The Hall–Kier alpha value is -4.27. The molecule has 0 radical (unpaired) electrons. The Morgan fingerprint density at radius 2 is 1.68 bits per heavy atom. The highest BCUT2D eigenvalue weighted by molar-refractivity contribution is 7.92. The van der Waals surface area contributed by atoms with E-state index in [0.29, 0.717) is 18.0 Å². The summed E-state index contributed by atoms with van der Waals surface area (Å²) in [6.45, 7) is 4.66. The summed E-state index contributed by atoms with van der Waals surface area (Å²) in [5.74, 6) is -3.36. The van der Waals surface area contributed by atoms with Gasteiger partial charge in [0.2, 0.25) is 0 Å². The number of nitrogens with zero attached hydrogens (tertiary/aromatic N) is 3. The van der Waals surface area contributed by atoms with Crippen molar-refractivity contribution < 1.29 is 46.1 Å². The van der Waals surface area contributed by atoms with Crippen molar-refractivity contribution in [1.29, 1.82) is 0 Å². The third-order valence-corrected chi connectivity index (χ3v) is 7.47. The van der Waals surface area contributed by atoms with Gasteiger partial charge in [-0.05, 0) is 74.7 Å². The number of carboxylic acids is 2. The maximum atomic E-state index is 13.0. The number of aromatic nitrogens is 2. The van der Waals surface area contributed by atoms with Crippen molar-refractivity contribution in [3.05, 3.63) is 65.0 Å². The van der Waals surface area contributed by atoms with Crippen LogP contribution in [-0.2, 0) is 28.3 Å². The topological polar surface area (TPSA) is 151 Å². The van der Waals surface area contributed by atoms with Gasteiger partial charge in [-0.2, -0.15) is 18.3 Å². The lowest BCUT2D eigenvalue weighted by atomic mass is 10.1. The second kappa shape index (κ2) is 13.4. The summed E-state index contributed by atoms with van der Waals surface area (Å²) < 4.78 is 67.3. The van der Waals surface area contributed by atoms with Gasteiger partial charge in [0.05, 0.1) is 34.6 Å². The average Bonchev–Trinajstić information content (AvgIpc) is 3.13. The maximum absolute atomic E-state index is 13.0. The number of halogens is 3. The molecule has 224 valence electrons. The number of ether oxygens (including phenoxy) is 1. The van der Waals surface area contributed by atoms with Crippen molar-refractivity contribution in [2.24, 2.45) is 7.05 Å². The van der Waals surface area contributed by atoms with Crippen molar-refractivity contribution in [3.63, 3.8) is 0 Å². The third kappa shape index (κ3) is 8.86. The lowest BCUT2D eigenvalue weighted by Crippen LogP contribution is -2.22. The summed E-state index contributed by atoms with van der Waals surface area (Å²) in [6.07, 6.45) is -3.44. The fourth-order valence-electron chi connectivity index (χ4n) is 3.83. The van der Waals surface area contributed by atoms with Crippen LogP contribution in [0.25, 0.3) is 0 Å². The predicted octanol–water partition coefficient (Wildman–Crippen LogP) is 4.25. The first-order valence-electron chi connectivity index (χ1n) is 12.0. The molecule has 0 saturated carbocycles. The Morgan fingerprint density at radius 3 is 2.15 bits per heavy atom. The highest BCUT2D eigenvalue weighted by Gasteiger charge is 2.38. The highest BCUT2D eigenvalue weighted by atomic mass is 32.2. The molecule has 0 fully saturated rings. The Balaban J connectivity index is 0.000000745. The number of aromatic carboxylic acids is 1. The van der Waals surface area contributed by atoms with E-state index in [1.807, 2.05) is 37.5 Å². The van der Waals surface area contributed by atoms with Crippen molar-refractivity contribution >= 4 is 33.3 Å². The zero-order chi connectivity index (χ0) is 31.1. The van der Waals surface area contributed by atoms with Gasteiger partial charge in [0, 0.05) is 26.3 Å². The minimum atomic E-state index is -5.08. The minimum absolute atomic E-state index is 0.00816. The number of carbonyl (C=O) groups is 2. The molecule has 0 bridgehead atoms. The SMILES string of the molecule is COc1ccc(S(=O)(=O)Nc2cc(C(=O)O)ccc2N(C)CCCc2c(C)nn(C)c2C)cc1.O=C(O)C(F)(F)F. The molecule has 3 aromatic rings. The molecule has 0 spiro atoms. The van der Waals surface area contributed by atoms with Gasteiger partial charge < -0.3 is 19.8 Å². The first kappa shape index (κ1) is 32.9. The number of aliphatic carboxylic acids is 1. The molecular weight excluding hydrogens is 569 g/mol. The molecule has 0 unspecified atom stereocenters. The molecular formula is C26H31F3N4O7S. The fraction of sp³-hybridized carbons (Fsp3) is 0.346. The number of benzene rings is 2. The summed E-state index contributed by atoms with van der Waals surface area (Å²) in [5, 5.41) is 21.0. The minimum Gasteiger partial charge on any atom is -0.497 e. The van der Waals surface area contributed by atoms with E-state index in [9.17, 15) is 31.5 Å². The van der Waals surface area contributed by atoms with Crippen LogP contribution in [0.2, 0.25) is 0 Å². The van der Waals surface area contributed by atoms with Gasteiger partial charge in [0.15, 0.2) is 0 Å². The van der Waals surface area contributed by atoms with Gasteiger partial charge in [-0.3, -0.25) is 9.40 Å². The van der Waals surface area contributed by atoms with Crippen molar-refractivity contribution in [2.45, 2.75) is 37.8 Å². The van der Waals surface area contributed by atoms with Crippen molar-refractivity contribution in [2.75, 3.05) is 30.3 Å². The van der Waals surface area contributed by atoms with Crippen LogP contribution < -0.4 is 14.4 Å². The summed E-state index contributed by atoms with van der Waals surface area (Å²) >= 11 is 0. The standard InChI is InChI=1S/C24H30N4O5S.C2HF3O2/c1-16-21(17(2)28(4)25-16)7-6-14-27(3)23-13-8-18(24(29)30)15-22(23)26-34(31,32)20-11-9-19(33-5)10-12-20;3-2(4,5)1(6)7/h8-13,15,26H,6-7,14H2,1-5H3,(H,29,30);(H,6,7). The summed E-state index contributed by atoms with van der Waals surface area (Å²) in [6, 6.07) is 10.4. The van der Waals surface area contributed by atoms with Crippen LogP contribution in [0.15, 0.2) is 47.4 Å². The summed E-state index contributed by atoms with van der Waals surface area (Å²) in [4.78, 5) is 22.4. The number of nitrogens with one attached hydrogen (secondary N) is 1. The van der Waals surface area contributed by atoms with Crippen molar-refractivity contribution in [1.82, 2.24) is 9.78 Å². The molecule has 0 atom stereocenters. The smallest absolute Gasteiger partial charge is 0.490 e. The van der Waals surface area contributed by atoms with Gasteiger partial charge in [0.1, 0.15) is 5.75 Å². The van der Waals surface area contributed by atoms with Crippen molar-refractivity contribution in [3.8, 4) is 5.75 Å². The summed E-state index contributed by atoms with van der Waals surface area (Å²) in [7, 11) is 1.32. The molecule has 0 amide bonds. The second-order valence-corrected chi connectivity index (χ2v) is 10.6. The van der Waals surface area contributed by atoms with E-state index in [0.717, 1.165) is 24.2 Å². The van der Waals surface area contributed by atoms with Crippen LogP contribution in [0, 0.1) is 13.8 Å². The lowest BCUT2D eigenvalue weighted by molar-refractivity contribution is -0.192. The maximum Gasteiger partial charge on any atom is 0.490 e. The number of anilines is 2. The third-order valence-electron chi connectivity index (χ3n) is 6.09. The van der Waals surface area contributed by atoms with E-state index in [4.69, 9.17) is 14.6 Å². The number of hydrogen-bond donors (Lipinski definition) is 3. The largest absolute Gasteiger partial charge is 0.497 e. The van der Waals surface area contributed by atoms with Crippen LogP contribution >= 0.6 is 0 Å². The van der Waals surface area contributed by atoms with Crippen LogP contribution in [0.5, 0.6) is 5.75 Å². The van der Waals surface area contributed by atoms with Gasteiger partial charge in [-0.25, -0.2) is 18.0 Å². The number of aryl methyl sites for hydroxylation is 2. The number of sulfonamides is 1. The van der Waals surface area contributed by atoms with E-state index in [1.165, 1.54) is 36.9 Å². The zero-order valence-electron chi connectivity index (χ0n) is 23.0. The number of methoxy groups -OCH3 is 1. The van der Waals surface area contributed by atoms with Gasteiger partial charge >= 0.3 is 18.1 Å². The molecule has 3 N–H and O–H groups in total. The van der Waals surface area contributed by atoms with E-state index in [2.05, 4.69) is 9.82 Å². The Kier molecular flexibility index (Phi) is 10.8. The Bertz CT molecular complexity index is 1490. The first-order valence-corrected chi connectivity index (χ1v) is 13.5. The van der Waals surface area contributed by atoms with Gasteiger partial charge in [-0.15, -0.1) is 0 Å². The first-order chi connectivity index (χ1) is 19.0. The Labute approximate surface area is 235 Å². The second-order valence-electron chi connectivity index (χ2n) is 8.92. The molecule has 0 saturated heterocycles. The molecule has 1 aromatic heterocycles. The van der Waals surface area contributed by atoms with Crippen LogP contribution in [-0.4, -0.2) is 67.2 Å². The molecule has 41 heavy (non-hydrogen) atoms. The van der Waals surface area contributed by atoms with E-state index in [1.54, 1.807) is 18.2 Å². The zero-order valence-corrected chi connectivity index (χ0v) is 23.8. The van der Waals surface area contributed by atoms with E-state index < -0.39 is 28.1 Å². The average molecular weight is 601 g/mol. The van der Waals surface area contributed by atoms with E-state index >= 15 is 0 Å². The molecule has 11 nitrogen and oxygen atoms in total. The van der Waals surface area contributed by atoms with Gasteiger partial charge in [-0.1, -0.05) is 0 Å². The van der Waals surface area contributed by atoms with E-state index in [-0.39, 0.29) is 16.1 Å². The van der Waals surface area contributed by atoms with Crippen LogP contribution in [0.1, 0.15) is 33.7 Å². The summed E-state index contributed by atoms with van der Waals surface area (Å²) in [5.41, 5.74) is 4.11. The lowest BCUT2D eigenvalue weighted by Gasteiger charge is -2.23. The normalized spacial score (nSPS) is 11.3. The molecule has 2 aromatic carbocycles. The Morgan fingerprint density at radius 1 is 1.10 bits per heavy atom. The number of alkyl halides is 3. The molecule has 3 rings (SSSR count). The quantitative estimate of drug-likeness (QED) is 0.310. The molecule has 1 heterocycles.